The van der Waals surface area contributed by atoms with Gasteiger partial charge in [0, 0.05) is 37.5 Å². The molecule has 0 N–H and O–H groups in total. The quantitative estimate of drug-likeness (QED) is 0.695. The third kappa shape index (κ3) is 5.10. The van der Waals surface area contributed by atoms with Crippen molar-refractivity contribution in [1.29, 1.82) is 0 Å². The van der Waals surface area contributed by atoms with Crippen molar-refractivity contribution in [3.05, 3.63) is 57.0 Å². The maximum absolute atomic E-state index is 12.5. The lowest BCUT2D eigenvalue weighted by atomic mass is 9.89. The van der Waals surface area contributed by atoms with Crippen molar-refractivity contribution >= 4 is 0 Å². The Morgan fingerprint density at radius 3 is 2.22 bits per heavy atom. The zero-order valence-electron chi connectivity index (χ0n) is 18.8. The van der Waals surface area contributed by atoms with Gasteiger partial charge >= 0.3 is 0 Å². The van der Waals surface area contributed by atoms with Crippen LogP contribution in [0.5, 0.6) is 0 Å². The molecule has 2 heterocycles. The number of likely N-dealkylation sites (N-methyl/N-ethyl adjacent to an activating group) is 1. The number of benzene rings is 1. The monoisotopic (exact) mass is 370 g/mol. The van der Waals surface area contributed by atoms with E-state index in [-0.39, 0.29) is 5.56 Å². The normalized spacial score (nSPS) is 13.3. The van der Waals surface area contributed by atoms with Crippen LogP contribution in [0.25, 0.3) is 11.1 Å². The van der Waals surface area contributed by atoms with E-state index in [1.54, 1.807) is 4.57 Å². The van der Waals surface area contributed by atoms with Crippen LogP contribution in [0.1, 0.15) is 69.7 Å². The second-order valence-electron chi connectivity index (χ2n) is 7.13. The number of pyridine rings is 1. The molecule has 0 atom stereocenters. The molecule has 150 valence electrons. The van der Waals surface area contributed by atoms with Gasteiger partial charge in [-0.3, -0.25) is 4.79 Å². The molecule has 2 aromatic rings. The second-order valence-corrected chi connectivity index (χ2v) is 7.13. The van der Waals surface area contributed by atoms with E-state index in [9.17, 15) is 4.79 Å². The first-order chi connectivity index (χ1) is 12.9. The molecule has 1 aromatic heterocycles. The predicted octanol–water partition coefficient (Wildman–Crippen LogP) is 5.52. The van der Waals surface area contributed by atoms with Crippen molar-refractivity contribution in [3.8, 4) is 11.1 Å². The van der Waals surface area contributed by atoms with Gasteiger partial charge in [-0.2, -0.15) is 0 Å². The van der Waals surface area contributed by atoms with Crippen molar-refractivity contribution in [2.45, 2.75) is 67.3 Å². The Hall–Kier alpha value is -1.87. The summed E-state index contributed by atoms with van der Waals surface area (Å²) >= 11 is 0. The fourth-order valence-corrected chi connectivity index (χ4v) is 3.60. The summed E-state index contributed by atoms with van der Waals surface area (Å²) in [6, 6.07) is 6.69. The van der Waals surface area contributed by atoms with Crippen LogP contribution in [-0.2, 0) is 20.0 Å². The van der Waals surface area contributed by atoms with Crippen LogP contribution < -0.4 is 5.56 Å². The van der Waals surface area contributed by atoms with Crippen LogP contribution in [0, 0.1) is 6.92 Å². The Kier molecular flexibility index (Phi) is 8.98. The summed E-state index contributed by atoms with van der Waals surface area (Å²) in [5.74, 6) is 0.501. The Morgan fingerprint density at radius 2 is 1.63 bits per heavy atom. The lowest BCUT2D eigenvalue weighted by molar-refractivity contribution is 0.311. The minimum absolute atomic E-state index is 0.160. The van der Waals surface area contributed by atoms with Crippen LogP contribution in [0.15, 0.2) is 29.2 Å². The first-order valence-electron chi connectivity index (χ1n) is 10.4. The van der Waals surface area contributed by atoms with Gasteiger partial charge in [0.25, 0.3) is 5.56 Å². The Bertz CT molecular complexity index is 803. The average molecular weight is 371 g/mol. The van der Waals surface area contributed by atoms with Gasteiger partial charge in [0.1, 0.15) is 0 Å². The lowest BCUT2D eigenvalue weighted by Crippen LogP contribution is -2.34. The topological polar surface area (TPSA) is 25.2 Å². The first-order valence-corrected chi connectivity index (χ1v) is 10.4. The number of hydrogen-bond acceptors (Lipinski definition) is 2. The van der Waals surface area contributed by atoms with E-state index in [2.05, 4.69) is 50.9 Å². The highest BCUT2D eigenvalue weighted by Gasteiger charge is 2.21. The molecule has 0 saturated carbocycles. The molecule has 0 amide bonds. The van der Waals surface area contributed by atoms with Crippen LogP contribution in [0.3, 0.4) is 0 Å². The maximum atomic E-state index is 12.5. The molecular weight excluding hydrogens is 332 g/mol. The minimum Gasteiger partial charge on any atom is -0.318 e. The first kappa shape index (κ1) is 23.2. The third-order valence-corrected chi connectivity index (χ3v) is 4.97. The lowest BCUT2D eigenvalue weighted by Gasteiger charge is -2.27. The molecule has 1 aliphatic heterocycles. The molecule has 0 radical (unpaired) electrons. The van der Waals surface area contributed by atoms with Crippen molar-refractivity contribution in [1.82, 2.24) is 9.47 Å². The Morgan fingerprint density at radius 1 is 1.00 bits per heavy atom. The summed E-state index contributed by atoms with van der Waals surface area (Å²) in [7, 11) is 3.99. The zero-order chi connectivity index (χ0) is 20.7. The fraction of sp³-hybridized carbons (Fsp3) is 0.542. The molecule has 3 rings (SSSR count). The molecule has 3 heteroatoms. The molecule has 1 aromatic carbocycles. The summed E-state index contributed by atoms with van der Waals surface area (Å²) < 4.78 is 1.74. The standard InChI is InChI=1S/C20H26N2O.2C2H6/c1-13(2)17-10-15(7-6-14(17)3)18-12-22(5)20(23)16-8-9-21(4)11-19(16)18;2*1-2/h6-7,10,12-13H,8-9,11H2,1-5H3;2*1-2H3. The van der Waals surface area contributed by atoms with E-state index in [4.69, 9.17) is 0 Å². The summed E-state index contributed by atoms with van der Waals surface area (Å²) in [4.78, 5) is 14.8. The highest BCUT2D eigenvalue weighted by Crippen LogP contribution is 2.31. The largest absolute Gasteiger partial charge is 0.318 e. The van der Waals surface area contributed by atoms with Gasteiger partial charge in [0.2, 0.25) is 0 Å². The SMILES string of the molecule is CC.CC.Cc1ccc(-c2cn(C)c(=O)c3c2CN(C)CC3)cc1C(C)C. The number of hydrogen-bond donors (Lipinski definition) is 0. The number of rotatable bonds is 2. The molecular formula is C24H38N2O. The third-order valence-electron chi connectivity index (χ3n) is 4.97. The van der Waals surface area contributed by atoms with Gasteiger partial charge in [-0.25, -0.2) is 0 Å². The van der Waals surface area contributed by atoms with Crippen LogP contribution in [0.2, 0.25) is 0 Å². The fourth-order valence-electron chi connectivity index (χ4n) is 3.60. The molecule has 0 saturated heterocycles. The molecule has 0 spiro atoms. The Labute approximate surface area is 166 Å². The number of fused-ring (bicyclic) bond motifs is 1. The Balaban J connectivity index is 0.000000855. The molecule has 0 unspecified atom stereocenters. The van der Waals surface area contributed by atoms with Crippen LogP contribution in [-0.4, -0.2) is 23.1 Å². The molecule has 1 aliphatic rings. The predicted molar refractivity (Wildman–Crippen MR) is 119 cm³/mol. The zero-order valence-corrected chi connectivity index (χ0v) is 18.8. The van der Waals surface area contributed by atoms with Gasteiger partial charge in [-0.15, -0.1) is 0 Å². The van der Waals surface area contributed by atoms with E-state index in [0.717, 1.165) is 25.1 Å². The highest BCUT2D eigenvalue weighted by atomic mass is 16.1. The van der Waals surface area contributed by atoms with Crippen LogP contribution >= 0.6 is 0 Å². The molecule has 0 aliphatic carbocycles. The molecule has 0 fully saturated rings. The molecule has 27 heavy (non-hydrogen) atoms. The summed E-state index contributed by atoms with van der Waals surface area (Å²) in [6.45, 7) is 16.4. The van der Waals surface area contributed by atoms with Gasteiger partial charge in [-0.1, -0.05) is 59.7 Å². The average Bonchev–Trinajstić information content (AvgIpc) is 2.68. The van der Waals surface area contributed by atoms with E-state index < -0.39 is 0 Å². The highest BCUT2D eigenvalue weighted by molar-refractivity contribution is 5.69. The van der Waals surface area contributed by atoms with Gasteiger partial charge < -0.3 is 9.47 Å². The summed E-state index contributed by atoms with van der Waals surface area (Å²) in [5, 5.41) is 0. The van der Waals surface area contributed by atoms with Gasteiger partial charge in [0.05, 0.1) is 0 Å². The maximum Gasteiger partial charge on any atom is 0.253 e. The van der Waals surface area contributed by atoms with Crippen molar-refractivity contribution in [3.63, 3.8) is 0 Å². The van der Waals surface area contributed by atoms with E-state index in [1.165, 1.54) is 27.8 Å². The minimum atomic E-state index is 0.160. The summed E-state index contributed by atoms with van der Waals surface area (Å²) in [6.07, 6.45) is 2.85. The molecule has 3 nitrogen and oxygen atoms in total. The van der Waals surface area contributed by atoms with E-state index >= 15 is 0 Å². The van der Waals surface area contributed by atoms with Crippen molar-refractivity contribution in [2.75, 3.05) is 13.6 Å². The smallest absolute Gasteiger partial charge is 0.253 e. The number of aromatic nitrogens is 1. The van der Waals surface area contributed by atoms with Crippen LogP contribution in [0.4, 0.5) is 0 Å². The van der Waals surface area contributed by atoms with E-state index in [1.807, 2.05) is 40.9 Å². The molecule has 0 bridgehead atoms. The summed E-state index contributed by atoms with van der Waals surface area (Å²) in [5.41, 5.74) is 7.51. The second kappa shape index (κ2) is 10.5. The van der Waals surface area contributed by atoms with Crippen molar-refractivity contribution in [2.24, 2.45) is 7.05 Å². The van der Waals surface area contributed by atoms with Gasteiger partial charge in [-0.05, 0) is 48.6 Å². The van der Waals surface area contributed by atoms with Gasteiger partial charge in [0.15, 0.2) is 0 Å². The van der Waals surface area contributed by atoms with E-state index in [0.29, 0.717) is 5.92 Å². The van der Waals surface area contributed by atoms with Crippen molar-refractivity contribution < 1.29 is 0 Å². The number of aryl methyl sites for hydroxylation is 2. The number of nitrogens with zero attached hydrogens (tertiary/aromatic N) is 2.